The molecule has 1 unspecified atom stereocenters. The minimum atomic E-state index is -4.75. The summed E-state index contributed by atoms with van der Waals surface area (Å²) in [5, 5.41) is 14.4. The maximum Gasteiger partial charge on any atom is 0.573 e. The van der Waals surface area contributed by atoms with E-state index < -0.39 is 18.0 Å². The van der Waals surface area contributed by atoms with Crippen LogP contribution in [0, 0.1) is 5.41 Å². The number of hydrogen-bond donors (Lipinski definition) is 1. The van der Waals surface area contributed by atoms with E-state index in [0.717, 1.165) is 12.0 Å². The molecule has 34 heavy (non-hydrogen) atoms. The maximum atomic E-state index is 12.4. The lowest BCUT2D eigenvalue weighted by Crippen LogP contribution is -2.58. The molecule has 2 aromatic carbocycles. The number of aromatic nitrogens is 1. The van der Waals surface area contributed by atoms with Gasteiger partial charge in [0.05, 0.1) is 10.9 Å². The fraction of sp³-hybridized carbons (Fsp3) is 0.417. The van der Waals surface area contributed by atoms with Gasteiger partial charge in [0.15, 0.2) is 5.58 Å². The Kier molecular flexibility index (Phi) is 5.87. The van der Waals surface area contributed by atoms with Gasteiger partial charge in [0.1, 0.15) is 12.4 Å². The topological polar surface area (TPSA) is 85.0 Å². The summed E-state index contributed by atoms with van der Waals surface area (Å²) in [7, 11) is 0. The van der Waals surface area contributed by atoms with Crippen molar-refractivity contribution in [2.45, 2.75) is 45.5 Å². The van der Waals surface area contributed by atoms with Crippen molar-refractivity contribution >= 4 is 17.1 Å². The number of carbonyl (C=O) groups is 1. The average Bonchev–Trinajstić information content (AvgIpc) is 3.36. The first kappa shape index (κ1) is 23.7. The molecule has 4 rings (SSSR count). The Morgan fingerprint density at radius 1 is 1.15 bits per heavy atom. The van der Waals surface area contributed by atoms with Crippen LogP contribution in [0.15, 0.2) is 47.0 Å². The minimum absolute atomic E-state index is 0.109. The molecule has 1 N–H and O–H groups in total. The lowest BCUT2D eigenvalue weighted by atomic mass is 9.72. The Balaban J connectivity index is 1.60. The molecule has 2 heterocycles. The highest BCUT2D eigenvalue weighted by atomic mass is 19.4. The number of ether oxygens (including phenoxy) is 2. The number of carboxylic acid groups (broad SMARTS) is 1. The first-order chi connectivity index (χ1) is 15.9. The Labute approximate surface area is 194 Å². The van der Waals surface area contributed by atoms with Crippen LogP contribution in [0.2, 0.25) is 0 Å². The smallest absolute Gasteiger partial charge is 0.473 e. The molecule has 3 aromatic rings. The van der Waals surface area contributed by atoms with Crippen molar-refractivity contribution in [3.63, 3.8) is 0 Å². The first-order valence-electron chi connectivity index (χ1n) is 10.8. The van der Waals surface area contributed by atoms with Crippen LogP contribution in [0.5, 0.6) is 11.6 Å². The van der Waals surface area contributed by atoms with Gasteiger partial charge in [-0.3, -0.25) is 4.90 Å². The number of benzene rings is 2. The van der Waals surface area contributed by atoms with E-state index in [1.54, 1.807) is 18.2 Å². The standard InChI is InChI=1S/C24H25F3N2O5/c1-22(2,3)23(11-4-12-29(23)21(30)31)14-32-20-18-13-16(7-10-19(18)34-28-20)15-5-8-17(9-6-15)33-24(25,26)27/h5-10,13H,4,11-12,14H2,1-3H3,(H,30,31). The summed E-state index contributed by atoms with van der Waals surface area (Å²) in [5.41, 5.74) is 0.755. The fourth-order valence-electron chi connectivity index (χ4n) is 4.54. The van der Waals surface area contributed by atoms with E-state index in [1.807, 2.05) is 20.8 Å². The van der Waals surface area contributed by atoms with Crippen molar-refractivity contribution in [3.05, 3.63) is 42.5 Å². The van der Waals surface area contributed by atoms with E-state index >= 15 is 0 Å². The van der Waals surface area contributed by atoms with E-state index in [9.17, 15) is 23.1 Å². The van der Waals surface area contributed by atoms with Gasteiger partial charge in [-0.25, -0.2) is 4.79 Å². The SMILES string of the molecule is CC(C)(C)C1(COc2noc3ccc(-c4ccc(OC(F)(F)F)cc4)cc23)CCCN1C(=O)O. The van der Waals surface area contributed by atoms with Crippen LogP contribution in [-0.4, -0.2) is 46.3 Å². The van der Waals surface area contributed by atoms with E-state index in [-0.39, 0.29) is 23.7 Å². The first-order valence-corrected chi connectivity index (χ1v) is 10.8. The maximum absolute atomic E-state index is 12.4. The molecule has 1 amide bonds. The molecular formula is C24H25F3N2O5. The second kappa shape index (κ2) is 8.41. The predicted molar refractivity (Wildman–Crippen MR) is 118 cm³/mol. The third-order valence-corrected chi connectivity index (χ3v) is 6.42. The van der Waals surface area contributed by atoms with Gasteiger partial charge in [-0.15, -0.1) is 13.2 Å². The molecule has 1 aliphatic heterocycles. The Morgan fingerprint density at radius 3 is 2.44 bits per heavy atom. The van der Waals surface area contributed by atoms with Gasteiger partial charge >= 0.3 is 12.5 Å². The Bertz CT molecular complexity index is 1180. The summed E-state index contributed by atoms with van der Waals surface area (Å²) >= 11 is 0. The summed E-state index contributed by atoms with van der Waals surface area (Å²) in [4.78, 5) is 13.4. The van der Waals surface area contributed by atoms with Gasteiger partial charge < -0.3 is 19.1 Å². The fourth-order valence-corrected chi connectivity index (χ4v) is 4.54. The molecule has 1 aromatic heterocycles. The quantitative estimate of drug-likeness (QED) is 0.461. The second-order valence-electron chi connectivity index (χ2n) is 9.38. The highest BCUT2D eigenvalue weighted by Gasteiger charge is 2.52. The van der Waals surface area contributed by atoms with Crippen LogP contribution in [0.3, 0.4) is 0 Å². The van der Waals surface area contributed by atoms with E-state index in [4.69, 9.17) is 9.26 Å². The Morgan fingerprint density at radius 2 is 1.82 bits per heavy atom. The number of likely N-dealkylation sites (tertiary alicyclic amines) is 1. The van der Waals surface area contributed by atoms with E-state index in [2.05, 4.69) is 9.89 Å². The number of fused-ring (bicyclic) bond motifs is 1. The molecule has 0 radical (unpaired) electrons. The van der Waals surface area contributed by atoms with Crippen LogP contribution < -0.4 is 9.47 Å². The van der Waals surface area contributed by atoms with Crippen LogP contribution >= 0.6 is 0 Å². The molecule has 1 saturated heterocycles. The van der Waals surface area contributed by atoms with Crippen molar-refractivity contribution in [3.8, 4) is 22.8 Å². The molecule has 0 bridgehead atoms. The van der Waals surface area contributed by atoms with Gasteiger partial charge in [-0.1, -0.05) is 39.0 Å². The third kappa shape index (κ3) is 4.49. The minimum Gasteiger partial charge on any atom is -0.473 e. The molecule has 182 valence electrons. The molecule has 1 fully saturated rings. The van der Waals surface area contributed by atoms with Crippen molar-refractivity contribution in [2.75, 3.05) is 13.2 Å². The lowest BCUT2D eigenvalue weighted by Gasteiger charge is -2.46. The van der Waals surface area contributed by atoms with Gasteiger partial charge in [0.25, 0.3) is 5.88 Å². The van der Waals surface area contributed by atoms with Gasteiger partial charge in [-0.05, 0) is 58.8 Å². The summed E-state index contributed by atoms with van der Waals surface area (Å²) < 4.78 is 52.6. The number of halogens is 3. The summed E-state index contributed by atoms with van der Waals surface area (Å²) in [6.07, 6.45) is -4.34. The number of nitrogens with zero attached hydrogens (tertiary/aromatic N) is 2. The largest absolute Gasteiger partial charge is 0.573 e. The van der Waals surface area contributed by atoms with Crippen LogP contribution in [0.4, 0.5) is 18.0 Å². The molecule has 10 heteroatoms. The Hall–Kier alpha value is -3.43. The number of rotatable bonds is 5. The van der Waals surface area contributed by atoms with Crippen molar-refractivity contribution in [2.24, 2.45) is 5.41 Å². The zero-order chi connectivity index (χ0) is 24.7. The average molecular weight is 478 g/mol. The molecule has 0 saturated carbocycles. The van der Waals surface area contributed by atoms with Gasteiger partial charge in [0, 0.05) is 6.54 Å². The molecule has 0 spiro atoms. The number of hydrogen-bond acceptors (Lipinski definition) is 5. The van der Waals surface area contributed by atoms with Crippen molar-refractivity contribution in [1.29, 1.82) is 0 Å². The third-order valence-electron chi connectivity index (χ3n) is 6.42. The van der Waals surface area contributed by atoms with Crippen molar-refractivity contribution < 1.29 is 37.1 Å². The molecule has 1 aliphatic rings. The van der Waals surface area contributed by atoms with Gasteiger partial charge in [0.2, 0.25) is 0 Å². The summed E-state index contributed by atoms with van der Waals surface area (Å²) in [6, 6.07) is 10.8. The summed E-state index contributed by atoms with van der Waals surface area (Å²) in [6.45, 7) is 6.51. The summed E-state index contributed by atoms with van der Waals surface area (Å²) in [5.74, 6) is -0.0758. The number of alkyl halides is 3. The van der Waals surface area contributed by atoms with E-state index in [0.29, 0.717) is 29.5 Å². The molecule has 1 atom stereocenters. The molecule has 7 nitrogen and oxygen atoms in total. The highest BCUT2D eigenvalue weighted by Crippen LogP contribution is 2.44. The zero-order valence-corrected chi connectivity index (χ0v) is 19.0. The second-order valence-corrected chi connectivity index (χ2v) is 9.38. The van der Waals surface area contributed by atoms with Crippen LogP contribution in [0.25, 0.3) is 22.1 Å². The van der Waals surface area contributed by atoms with E-state index in [1.165, 1.54) is 29.2 Å². The monoisotopic (exact) mass is 478 g/mol. The number of amides is 1. The highest BCUT2D eigenvalue weighted by molar-refractivity contribution is 5.87. The lowest BCUT2D eigenvalue weighted by molar-refractivity contribution is -0.274. The van der Waals surface area contributed by atoms with Crippen LogP contribution in [-0.2, 0) is 0 Å². The van der Waals surface area contributed by atoms with Crippen molar-refractivity contribution in [1.82, 2.24) is 10.1 Å². The van der Waals surface area contributed by atoms with Gasteiger partial charge in [-0.2, -0.15) is 0 Å². The molecule has 0 aliphatic carbocycles. The zero-order valence-electron chi connectivity index (χ0n) is 19.0. The molecular weight excluding hydrogens is 453 g/mol. The normalized spacial score (nSPS) is 18.9. The van der Waals surface area contributed by atoms with Crippen LogP contribution in [0.1, 0.15) is 33.6 Å². The predicted octanol–water partition coefficient (Wildman–Crippen LogP) is 6.33.